The first-order valence-electron chi connectivity index (χ1n) is 5.86. The topological polar surface area (TPSA) is 50.9 Å². The summed E-state index contributed by atoms with van der Waals surface area (Å²) in [6.45, 7) is 5.62. The van der Waals surface area contributed by atoms with Crippen LogP contribution in [0.15, 0.2) is 22.7 Å². The molecule has 2 aromatic rings. The Balaban J connectivity index is 2.70. The van der Waals surface area contributed by atoms with Crippen LogP contribution in [0.3, 0.4) is 0 Å². The standard InChI is InChI=1S/C13H15BrFN3O/c1-13(2,3)18-10(7-19)16-17-12(18)8-5-4-6-9(14)11(8)15/h4-6,19H,7H2,1-3H3. The van der Waals surface area contributed by atoms with E-state index in [1.54, 1.807) is 22.8 Å². The van der Waals surface area contributed by atoms with E-state index in [4.69, 9.17) is 0 Å². The molecular weight excluding hydrogens is 313 g/mol. The van der Waals surface area contributed by atoms with Crippen LogP contribution in [0.2, 0.25) is 0 Å². The fraction of sp³-hybridized carbons (Fsp3) is 0.385. The normalized spacial score (nSPS) is 11.9. The van der Waals surface area contributed by atoms with E-state index in [1.165, 1.54) is 0 Å². The molecule has 0 bridgehead atoms. The number of hydrogen-bond acceptors (Lipinski definition) is 3. The molecule has 0 aliphatic heterocycles. The quantitative estimate of drug-likeness (QED) is 0.922. The van der Waals surface area contributed by atoms with Crippen molar-refractivity contribution < 1.29 is 9.50 Å². The van der Waals surface area contributed by atoms with Crippen molar-refractivity contribution in [1.82, 2.24) is 14.8 Å². The van der Waals surface area contributed by atoms with Gasteiger partial charge in [0.2, 0.25) is 0 Å². The van der Waals surface area contributed by atoms with Crippen LogP contribution in [0.25, 0.3) is 11.4 Å². The molecule has 0 spiro atoms. The second kappa shape index (κ2) is 5.02. The van der Waals surface area contributed by atoms with Gasteiger partial charge in [-0.05, 0) is 48.8 Å². The van der Waals surface area contributed by atoms with Crippen LogP contribution in [0, 0.1) is 5.82 Å². The van der Waals surface area contributed by atoms with Gasteiger partial charge in [-0.15, -0.1) is 10.2 Å². The van der Waals surface area contributed by atoms with Crippen molar-refractivity contribution >= 4 is 15.9 Å². The van der Waals surface area contributed by atoms with Gasteiger partial charge in [-0.1, -0.05) is 6.07 Å². The summed E-state index contributed by atoms with van der Waals surface area (Å²) < 4.78 is 16.3. The maximum Gasteiger partial charge on any atom is 0.167 e. The lowest BCUT2D eigenvalue weighted by molar-refractivity contribution is 0.250. The van der Waals surface area contributed by atoms with E-state index in [2.05, 4.69) is 26.1 Å². The van der Waals surface area contributed by atoms with Gasteiger partial charge < -0.3 is 9.67 Å². The van der Waals surface area contributed by atoms with E-state index in [1.807, 2.05) is 20.8 Å². The minimum atomic E-state index is -0.384. The van der Waals surface area contributed by atoms with E-state index >= 15 is 0 Å². The van der Waals surface area contributed by atoms with Crippen LogP contribution in [0.1, 0.15) is 26.6 Å². The predicted octanol–water partition coefficient (Wildman–Crippen LogP) is 3.09. The summed E-state index contributed by atoms with van der Waals surface area (Å²) >= 11 is 3.16. The number of nitrogens with zero attached hydrogens (tertiary/aromatic N) is 3. The van der Waals surface area contributed by atoms with Crippen LogP contribution in [-0.2, 0) is 12.1 Å². The number of aromatic nitrogens is 3. The zero-order valence-corrected chi connectivity index (χ0v) is 12.6. The van der Waals surface area contributed by atoms with Crippen molar-refractivity contribution in [2.45, 2.75) is 32.9 Å². The second-order valence-corrected chi connectivity index (χ2v) is 6.06. The summed E-state index contributed by atoms with van der Waals surface area (Å²) in [7, 11) is 0. The van der Waals surface area contributed by atoms with Crippen LogP contribution in [0.5, 0.6) is 0 Å². The SMILES string of the molecule is CC(C)(C)n1c(CO)nnc1-c1cccc(Br)c1F. The Morgan fingerprint density at radius 3 is 2.58 bits per heavy atom. The zero-order valence-electron chi connectivity index (χ0n) is 11.0. The molecule has 0 aliphatic rings. The Labute approximate surface area is 119 Å². The van der Waals surface area contributed by atoms with Gasteiger partial charge in [0.25, 0.3) is 0 Å². The van der Waals surface area contributed by atoms with Crippen molar-refractivity contribution in [2.75, 3.05) is 0 Å². The van der Waals surface area contributed by atoms with Gasteiger partial charge in [-0.25, -0.2) is 4.39 Å². The average molecular weight is 328 g/mol. The Morgan fingerprint density at radius 1 is 1.32 bits per heavy atom. The molecule has 19 heavy (non-hydrogen) atoms. The molecule has 0 saturated carbocycles. The van der Waals surface area contributed by atoms with Crippen molar-refractivity contribution in [2.24, 2.45) is 0 Å². The molecule has 0 amide bonds. The Hall–Kier alpha value is -1.27. The monoisotopic (exact) mass is 327 g/mol. The lowest BCUT2D eigenvalue weighted by Crippen LogP contribution is -2.25. The maximum absolute atomic E-state index is 14.2. The van der Waals surface area contributed by atoms with Crippen LogP contribution in [-0.4, -0.2) is 19.9 Å². The molecule has 0 aliphatic carbocycles. The second-order valence-electron chi connectivity index (χ2n) is 5.21. The van der Waals surface area contributed by atoms with Crippen LogP contribution >= 0.6 is 15.9 Å². The molecular formula is C13H15BrFN3O. The van der Waals surface area contributed by atoms with Gasteiger partial charge >= 0.3 is 0 Å². The summed E-state index contributed by atoms with van der Waals surface area (Å²) in [6.07, 6.45) is 0. The van der Waals surface area contributed by atoms with Gasteiger partial charge in [0, 0.05) is 5.54 Å². The molecule has 0 atom stereocenters. The first-order valence-corrected chi connectivity index (χ1v) is 6.65. The van der Waals surface area contributed by atoms with Crippen molar-refractivity contribution in [3.63, 3.8) is 0 Å². The molecule has 0 radical (unpaired) electrons. The number of halogens is 2. The number of aliphatic hydroxyl groups is 1. The van der Waals surface area contributed by atoms with Crippen LogP contribution in [0.4, 0.5) is 4.39 Å². The average Bonchev–Trinajstić information content (AvgIpc) is 2.76. The smallest absolute Gasteiger partial charge is 0.167 e. The highest BCUT2D eigenvalue weighted by atomic mass is 79.9. The Kier molecular flexibility index (Phi) is 3.73. The summed E-state index contributed by atoms with van der Waals surface area (Å²) in [5, 5.41) is 17.3. The number of hydrogen-bond donors (Lipinski definition) is 1. The third-order valence-corrected chi connectivity index (χ3v) is 3.35. The number of rotatable bonds is 2. The summed E-state index contributed by atoms with van der Waals surface area (Å²) in [5.41, 5.74) is 0.00237. The third-order valence-electron chi connectivity index (χ3n) is 2.73. The molecule has 0 saturated heterocycles. The molecule has 4 nitrogen and oxygen atoms in total. The van der Waals surface area contributed by atoms with E-state index in [-0.39, 0.29) is 18.0 Å². The predicted molar refractivity (Wildman–Crippen MR) is 74.0 cm³/mol. The van der Waals surface area contributed by atoms with Gasteiger partial charge in [-0.2, -0.15) is 0 Å². The summed E-state index contributed by atoms with van der Waals surface area (Å²) in [5.74, 6) is 0.446. The highest BCUT2D eigenvalue weighted by Crippen LogP contribution is 2.30. The van der Waals surface area contributed by atoms with Gasteiger partial charge in [0.15, 0.2) is 11.6 Å². The molecule has 0 unspecified atom stereocenters. The summed E-state index contributed by atoms with van der Waals surface area (Å²) in [6, 6.07) is 5.01. The number of aliphatic hydroxyl groups excluding tert-OH is 1. The van der Waals surface area contributed by atoms with Gasteiger partial charge in [0.05, 0.1) is 10.0 Å². The largest absolute Gasteiger partial charge is 0.388 e. The highest BCUT2D eigenvalue weighted by Gasteiger charge is 2.25. The van der Waals surface area contributed by atoms with E-state index in [0.717, 1.165) is 0 Å². The zero-order chi connectivity index (χ0) is 14.2. The lowest BCUT2D eigenvalue weighted by Gasteiger charge is -2.24. The van der Waals surface area contributed by atoms with Gasteiger partial charge in [0.1, 0.15) is 12.4 Å². The molecule has 1 aromatic carbocycles. The van der Waals surface area contributed by atoms with Crippen LogP contribution < -0.4 is 0 Å². The Bertz CT molecular complexity index is 604. The lowest BCUT2D eigenvalue weighted by atomic mass is 10.1. The molecule has 1 heterocycles. The fourth-order valence-corrected chi connectivity index (χ4v) is 2.34. The molecule has 0 fully saturated rings. The minimum absolute atomic E-state index is 0.236. The van der Waals surface area contributed by atoms with Crippen molar-refractivity contribution in [3.8, 4) is 11.4 Å². The molecule has 1 aromatic heterocycles. The number of benzene rings is 1. The minimum Gasteiger partial charge on any atom is -0.388 e. The van der Waals surface area contributed by atoms with Crippen molar-refractivity contribution in [1.29, 1.82) is 0 Å². The molecule has 102 valence electrons. The summed E-state index contributed by atoms with van der Waals surface area (Å²) in [4.78, 5) is 0. The van der Waals surface area contributed by atoms with E-state index in [0.29, 0.717) is 21.7 Å². The fourth-order valence-electron chi connectivity index (χ4n) is 1.97. The maximum atomic E-state index is 14.2. The molecule has 1 N–H and O–H groups in total. The highest BCUT2D eigenvalue weighted by molar-refractivity contribution is 9.10. The molecule has 6 heteroatoms. The first kappa shape index (κ1) is 14.1. The van der Waals surface area contributed by atoms with E-state index in [9.17, 15) is 9.50 Å². The third kappa shape index (κ3) is 2.55. The van der Waals surface area contributed by atoms with Crippen molar-refractivity contribution in [3.05, 3.63) is 34.3 Å². The first-order chi connectivity index (χ1) is 8.86. The van der Waals surface area contributed by atoms with Gasteiger partial charge in [-0.3, -0.25) is 0 Å². The Morgan fingerprint density at radius 2 is 2.00 bits per heavy atom. The molecule has 2 rings (SSSR count). The van der Waals surface area contributed by atoms with E-state index < -0.39 is 0 Å².